The Morgan fingerprint density at radius 2 is 2.09 bits per heavy atom. The summed E-state index contributed by atoms with van der Waals surface area (Å²) in [5.74, 6) is 0.919. The molecule has 0 amide bonds. The summed E-state index contributed by atoms with van der Waals surface area (Å²) in [5.41, 5.74) is 0.709. The second-order valence-corrected chi connectivity index (χ2v) is 4.70. The maximum Gasteiger partial charge on any atom is 0.216 e. The van der Waals surface area contributed by atoms with Gasteiger partial charge in [0.25, 0.3) is 0 Å². The minimum Gasteiger partial charge on any atom is -0.465 e. The van der Waals surface area contributed by atoms with Crippen LogP contribution >= 0.6 is 12.2 Å². The Hall–Kier alpha value is -2.80. The summed E-state index contributed by atoms with van der Waals surface area (Å²) in [5, 5.41) is 11.0. The van der Waals surface area contributed by atoms with Gasteiger partial charge in [-0.3, -0.25) is 0 Å². The van der Waals surface area contributed by atoms with E-state index in [-0.39, 0.29) is 5.82 Å². The highest BCUT2D eigenvalue weighted by Gasteiger charge is 2.07. The molecule has 5 nitrogen and oxygen atoms in total. The molecule has 0 aliphatic carbocycles. The summed E-state index contributed by atoms with van der Waals surface area (Å²) in [6, 6.07) is 9.58. The van der Waals surface area contributed by atoms with Crippen LogP contribution in [0.3, 0.4) is 0 Å². The first-order valence-electron chi connectivity index (χ1n) is 6.42. The zero-order valence-corrected chi connectivity index (χ0v) is 12.1. The minimum absolute atomic E-state index is 0.311. The smallest absolute Gasteiger partial charge is 0.216 e. The minimum atomic E-state index is -0.311. The van der Waals surface area contributed by atoms with Crippen molar-refractivity contribution >= 4 is 24.5 Å². The van der Waals surface area contributed by atoms with E-state index in [9.17, 15) is 4.39 Å². The van der Waals surface area contributed by atoms with Gasteiger partial charge in [0.05, 0.1) is 6.26 Å². The van der Waals surface area contributed by atoms with Crippen molar-refractivity contribution in [1.29, 1.82) is 0 Å². The van der Waals surface area contributed by atoms with E-state index in [1.165, 1.54) is 16.8 Å². The third kappa shape index (κ3) is 3.09. The molecule has 0 radical (unpaired) electrons. The molecule has 0 spiro atoms. The molecular weight excluding hydrogens is 303 g/mol. The number of H-pyrrole nitrogens is 1. The summed E-state index contributed by atoms with van der Waals surface area (Å²) in [4.78, 5) is 0. The molecule has 2 heterocycles. The van der Waals surface area contributed by atoms with Gasteiger partial charge in [-0.25, -0.2) is 9.49 Å². The molecule has 1 aromatic carbocycles. The molecule has 22 heavy (non-hydrogen) atoms. The summed E-state index contributed by atoms with van der Waals surface area (Å²) in [6.07, 6.45) is 6.66. The molecule has 1 N–H and O–H groups in total. The number of halogens is 1. The normalized spacial score (nSPS) is 11.7. The van der Waals surface area contributed by atoms with Gasteiger partial charge in [-0.05, 0) is 60.8 Å². The van der Waals surface area contributed by atoms with Crippen LogP contribution in [0.1, 0.15) is 5.76 Å². The molecule has 0 aliphatic heterocycles. The maximum atomic E-state index is 13.0. The molecule has 0 saturated heterocycles. The van der Waals surface area contributed by atoms with Crippen molar-refractivity contribution in [2.45, 2.75) is 0 Å². The lowest BCUT2D eigenvalue weighted by atomic mass is 10.2. The molecule has 7 heteroatoms. The molecule has 3 rings (SSSR count). The van der Waals surface area contributed by atoms with Gasteiger partial charge in [-0.2, -0.15) is 14.9 Å². The number of nitrogens with zero attached hydrogens (tertiary/aromatic N) is 3. The number of hydrogen-bond donors (Lipinski definition) is 1. The van der Waals surface area contributed by atoms with Gasteiger partial charge in [-0.1, -0.05) is 0 Å². The number of aromatic amines is 1. The van der Waals surface area contributed by atoms with Gasteiger partial charge < -0.3 is 4.42 Å². The van der Waals surface area contributed by atoms with Crippen molar-refractivity contribution in [2.24, 2.45) is 5.10 Å². The van der Waals surface area contributed by atoms with E-state index in [1.54, 1.807) is 42.8 Å². The topological polar surface area (TPSA) is 59.1 Å². The fraction of sp³-hybridized carbons (Fsp3) is 0. The number of hydrogen-bond acceptors (Lipinski definition) is 4. The van der Waals surface area contributed by atoms with Crippen LogP contribution in [0.4, 0.5) is 4.39 Å². The van der Waals surface area contributed by atoms with Crippen LogP contribution < -0.4 is 0 Å². The highest BCUT2D eigenvalue weighted by atomic mass is 32.1. The first-order valence-corrected chi connectivity index (χ1v) is 6.83. The summed E-state index contributed by atoms with van der Waals surface area (Å²) in [7, 11) is 0. The number of benzene rings is 1. The van der Waals surface area contributed by atoms with Crippen LogP contribution in [-0.4, -0.2) is 21.1 Å². The lowest BCUT2D eigenvalue weighted by Gasteiger charge is -1.99. The first-order chi connectivity index (χ1) is 10.7. The number of rotatable bonds is 4. The van der Waals surface area contributed by atoms with Crippen LogP contribution in [0.25, 0.3) is 17.5 Å². The predicted octanol–water partition coefficient (Wildman–Crippen LogP) is 3.89. The Morgan fingerprint density at radius 1 is 1.27 bits per heavy atom. The van der Waals surface area contributed by atoms with E-state index in [0.29, 0.717) is 16.2 Å². The molecule has 0 aliphatic rings. The summed E-state index contributed by atoms with van der Waals surface area (Å²) >= 11 is 5.14. The van der Waals surface area contributed by atoms with Gasteiger partial charge in [0, 0.05) is 11.8 Å². The zero-order valence-electron chi connectivity index (χ0n) is 11.3. The SMILES string of the molecule is Fc1ccc(-c2n[nH]c(=S)n2N=CC=Cc2ccco2)cc1. The number of allylic oxidation sites excluding steroid dienone is 1. The van der Waals surface area contributed by atoms with Crippen LogP contribution in [0, 0.1) is 10.6 Å². The largest absolute Gasteiger partial charge is 0.465 e. The highest BCUT2D eigenvalue weighted by molar-refractivity contribution is 7.71. The van der Waals surface area contributed by atoms with Crippen molar-refractivity contribution < 1.29 is 8.81 Å². The Kier molecular flexibility index (Phi) is 4.06. The van der Waals surface area contributed by atoms with Gasteiger partial charge >= 0.3 is 0 Å². The Balaban J connectivity index is 1.86. The van der Waals surface area contributed by atoms with Crippen molar-refractivity contribution in [2.75, 3.05) is 0 Å². The average Bonchev–Trinajstić information content (AvgIpc) is 3.15. The predicted molar refractivity (Wildman–Crippen MR) is 84.4 cm³/mol. The zero-order chi connectivity index (χ0) is 15.4. The molecule has 0 unspecified atom stereocenters. The standard InChI is InChI=1S/C15H11FN4OS/c16-12-7-5-11(6-8-12)14-18-19-15(22)20(14)17-9-1-3-13-4-2-10-21-13/h1-10H,(H,19,22). The Bertz CT molecular complexity index is 860. The Labute approximate surface area is 130 Å². The molecule has 110 valence electrons. The lowest BCUT2D eigenvalue weighted by molar-refractivity contribution is 0.557. The van der Waals surface area contributed by atoms with Crippen molar-refractivity contribution in [1.82, 2.24) is 14.9 Å². The van der Waals surface area contributed by atoms with Crippen molar-refractivity contribution in [3.8, 4) is 11.4 Å². The van der Waals surface area contributed by atoms with E-state index in [1.807, 2.05) is 6.07 Å². The highest BCUT2D eigenvalue weighted by Crippen LogP contribution is 2.17. The van der Waals surface area contributed by atoms with Gasteiger partial charge in [-0.15, -0.1) is 0 Å². The van der Waals surface area contributed by atoms with Gasteiger partial charge in [0.1, 0.15) is 11.6 Å². The molecule has 0 bridgehead atoms. The maximum absolute atomic E-state index is 13.0. The molecule has 0 fully saturated rings. The molecular formula is C15H11FN4OS. The summed E-state index contributed by atoms with van der Waals surface area (Å²) in [6.45, 7) is 0. The monoisotopic (exact) mass is 314 g/mol. The van der Waals surface area contributed by atoms with Crippen LogP contribution in [0.15, 0.2) is 58.3 Å². The third-order valence-corrected chi connectivity index (χ3v) is 3.09. The summed E-state index contributed by atoms with van der Waals surface area (Å²) < 4.78 is 20.0. The first kappa shape index (κ1) is 14.2. The molecule has 0 atom stereocenters. The van der Waals surface area contributed by atoms with Gasteiger partial charge in [0.15, 0.2) is 5.82 Å². The van der Waals surface area contributed by atoms with E-state index in [2.05, 4.69) is 15.3 Å². The number of nitrogens with one attached hydrogen (secondary N) is 1. The van der Waals surface area contributed by atoms with Crippen LogP contribution in [0.2, 0.25) is 0 Å². The molecule has 3 aromatic rings. The average molecular weight is 314 g/mol. The third-order valence-electron chi connectivity index (χ3n) is 2.82. The Morgan fingerprint density at radius 3 is 2.82 bits per heavy atom. The van der Waals surface area contributed by atoms with Gasteiger partial charge in [0.2, 0.25) is 4.77 Å². The number of aromatic nitrogens is 3. The second-order valence-electron chi connectivity index (χ2n) is 4.31. The van der Waals surface area contributed by atoms with E-state index >= 15 is 0 Å². The fourth-order valence-corrected chi connectivity index (χ4v) is 1.99. The molecule has 0 saturated carbocycles. The fourth-order valence-electron chi connectivity index (χ4n) is 1.81. The molecule has 2 aromatic heterocycles. The lowest BCUT2D eigenvalue weighted by Crippen LogP contribution is -1.93. The van der Waals surface area contributed by atoms with Crippen LogP contribution in [-0.2, 0) is 0 Å². The van der Waals surface area contributed by atoms with Crippen molar-refractivity contribution in [3.05, 3.63) is 65.1 Å². The van der Waals surface area contributed by atoms with E-state index in [4.69, 9.17) is 16.6 Å². The second kappa shape index (κ2) is 6.31. The van der Waals surface area contributed by atoms with E-state index < -0.39 is 0 Å². The quantitative estimate of drug-likeness (QED) is 0.587. The van der Waals surface area contributed by atoms with Crippen molar-refractivity contribution in [3.63, 3.8) is 0 Å². The van der Waals surface area contributed by atoms with Crippen LogP contribution in [0.5, 0.6) is 0 Å². The van der Waals surface area contributed by atoms with E-state index in [0.717, 1.165) is 5.76 Å². The number of furan rings is 1.